The predicted molar refractivity (Wildman–Crippen MR) is 75.3 cm³/mol. The van der Waals surface area contributed by atoms with Gasteiger partial charge in [0, 0.05) is 22.6 Å². The van der Waals surface area contributed by atoms with Gasteiger partial charge in [-0.15, -0.1) is 11.3 Å². The summed E-state index contributed by atoms with van der Waals surface area (Å²) in [4.78, 5) is 33.7. The number of nitro groups is 1. The van der Waals surface area contributed by atoms with Gasteiger partial charge in [-0.25, -0.2) is 4.79 Å². The molecule has 0 spiro atoms. The molecule has 0 aliphatic carbocycles. The van der Waals surface area contributed by atoms with Crippen molar-refractivity contribution in [3.05, 3.63) is 62.3 Å². The lowest BCUT2D eigenvalue weighted by atomic mass is 10.1. The van der Waals surface area contributed by atoms with Crippen molar-refractivity contribution in [3.63, 3.8) is 0 Å². The smallest absolute Gasteiger partial charge is 0.331 e. The van der Waals surface area contributed by atoms with E-state index in [4.69, 9.17) is 5.11 Å². The summed E-state index contributed by atoms with van der Waals surface area (Å²) >= 11 is 1.22. The summed E-state index contributed by atoms with van der Waals surface area (Å²) < 4.78 is 0. The van der Waals surface area contributed by atoms with Gasteiger partial charge in [0.25, 0.3) is 11.6 Å². The number of aliphatic carboxylic acids is 1. The molecule has 2 N–H and O–H groups in total. The Hall–Kier alpha value is -2.74. The average Bonchev–Trinajstić information content (AvgIpc) is 2.98. The average molecular weight is 306 g/mol. The number of carbonyl (C=O) groups excluding carboxylic acids is 1. The van der Waals surface area contributed by atoms with E-state index in [2.05, 4.69) is 5.32 Å². The lowest BCUT2D eigenvalue weighted by Crippen LogP contribution is -2.33. The van der Waals surface area contributed by atoms with Crippen LogP contribution in [0.25, 0.3) is 0 Å². The predicted octanol–water partition coefficient (Wildman–Crippen LogP) is 2.21. The molecule has 0 saturated carbocycles. The van der Waals surface area contributed by atoms with E-state index in [1.54, 1.807) is 17.5 Å². The Morgan fingerprint density at radius 2 is 1.90 bits per heavy atom. The Labute approximate surface area is 123 Å². The van der Waals surface area contributed by atoms with Crippen LogP contribution in [-0.4, -0.2) is 21.9 Å². The monoisotopic (exact) mass is 306 g/mol. The molecule has 21 heavy (non-hydrogen) atoms. The number of amides is 1. The maximum Gasteiger partial charge on any atom is 0.331 e. The fourth-order valence-corrected chi connectivity index (χ4v) is 2.43. The van der Waals surface area contributed by atoms with Crippen LogP contribution in [0.4, 0.5) is 5.69 Å². The Morgan fingerprint density at radius 1 is 1.24 bits per heavy atom. The van der Waals surface area contributed by atoms with Crippen molar-refractivity contribution >= 4 is 28.9 Å². The second-order valence-electron chi connectivity index (χ2n) is 4.06. The summed E-state index contributed by atoms with van der Waals surface area (Å²) in [5.41, 5.74) is 0.0167. The van der Waals surface area contributed by atoms with Gasteiger partial charge in [0.2, 0.25) is 0 Å². The first-order valence-corrected chi connectivity index (χ1v) is 6.68. The molecule has 1 heterocycles. The zero-order valence-corrected chi connectivity index (χ0v) is 11.4. The molecule has 108 valence electrons. The van der Waals surface area contributed by atoms with Crippen molar-refractivity contribution in [2.24, 2.45) is 0 Å². The molecule has 2 aromatic rings. The van der Waals surface area contributed by atoms with Crippen LogP contribution in [0.3, 0.4) is 0 Å². The number of rotatable bonds is 5. The number of thiophene rings is 1. The highest BCUT2D eigenvalue weighted by molar-refractivity contribution is 7.10. The first kappa shape index (κ1) is 14.7. The number of hydrogen-bond donors (Lipinski definition) is 2. The van der Waals surface area contributed by atoms with E-state index < -0.39 is 22.8 Å². The molecule has 0 bridgehead atoms. The maximum absolute atomic E-state index is 12.0. The molecule has 8 heteroatoms. The highest BCUT2D eigenvalue weighted by atomic mass is 32.1. The molecule has 1 atom stereocenters. The number of carboxylic acids is 1. The van der Waals surface area contributed by atoms with Gasteiger partial charge in [0.1, 0.15) is 0 Å². The molecule has 1 amide bonds. The molecule has 0 aliphatic heterocycles. The number of carbonyl (C=O) groups is 2. The van der Waals surface area contributed by atoms with E-state index in [1.807, 2.05) is 0 Å². The summed E-state index contributed by atoms with van der Waals surface area (Å²) in [6.07, 6.45) is 0. The number of carboxylic acid groups (broad SMARTS) is 1. The summed E-state index contributed by atoms with van der Waals surface area (Å²) in [5, 5.41) is 23.8. The first-order chi connectivity index (χ1) is 9.99. The summed E-state index contributed by atoms with van der Waals surface area (Å²) in [7, 11) is 0. The van der Waals surface area contributed by atoms with Crippen LogP contribution in [0.2, 0.25) is 0 Å². The van der Waals surface area contributed by atoms with Crippen molar-refractivity contribution in [1.29, 1.82) is 0 Å². The minimum atomic E-state index is -1.17. The van der Waals surface area contributed by atoms with Gasteiger partial charge < -0.3 is 10.4 Å². The largest absolute Gasteiger partial charge is 0.479 e. The molecule has 0 saturated heterocycles. The normalized spacial score (nSPS) is 11.6. The molecule has 2 rings (SSSR count). The standard InChI is InChI=1S/C13H10N2O5S/c16-12(8-3-5-9(6-4-8)15(19)20)14-11(13(17)18)10-2-1-7-21-10/h1-7,11H,(H,14,16)(H,17,18). The quantitative estimate of drug-likeness (QED) is 0.650. The second-order valence-corrected chi connectivity index (χ2v) is 5.04. The van der Waals surface area contributed by atoms with Gasteiger partial charge in [-0.05, 0) is 23.6 Å². The van der Waals surface area contributed by atoms with Gasteiger partial charge in [0.05, 0.1) is 4.92 Å². The minimum Gasteiger partial charge on any atom is -0.479 e. The lowest BCUT2D eigenvalue weighted by molar-refractivity contribution is -0.384. The highest BCUT2D eigenvalue weighted by Gasteiger charge is 2.23. The molecule has 0 radical (unpaired) electrons. The molecule has 0 fully saturated rings. The van der Waals surface area contributed by atoms with Gasteiger partial charge in [-0.2, -0.15) is 0 Å². The molecule has 1 aromatic heterocycles. The van der Waals surface area contributed by atoms with E-state index >= 15 is 0 Å². The van der Waals surface area contributed by atoms with Crippen LogP contribution in [-0.2, 0) is 4.79 Å². The SMILES string of the molecule is O=C(NC(C(=O)O)c1cccs1)c1ccc([N+](=O)[O-])cc1. The van der Waals surface area contributed by atoms with Crippen molar-refractivity contribution in [3.8, 4) is 0 Å². The Morgan fingerprint density at radius 3 is 2.38 bits per heavy atom. The van der Waals surface area contributed by atoms with Crippen LogP contribution < -0.4 is 5.32 Å². The fourth-order valence-electron chi connectivity index (χ4n) is 1.66. The van der Waals surface area contributed by atoms with Crippen LogP contribution in [0, 0.1) is 10.1 Å². The van der Waals surface area contributed by atoms with E-state index in [-0.39, 0.29) is 11.3 Å². The van der Waals surface area contributed by atoms with Crippen LogP contribution in [0.15, 0.2) is 41.8 Å². The number of non-ortho nitro benzene ring substituents is 1. The van der Waals surface area contributed by atoms with Crippen molar-refractivity contribution in [2.75, 3.05) is 0 Å². The number of benzene rings is 1. The van der Waals surface area contributed by atoms with Gasteiger partial charge >= 0.3 is 5.97 Å². The fraction of sp³-hybridized carbons (Fsp3) is 0.0769. The second kappa shape index (κ2) is 6.14. The number of nitro benzene ring substituents is 1. The van der Waals surface area contributed by atoms with Crippen LogP contribution >= 0.6 is 11.3 Å². The highest BCUT2D eigenvalue weighted by Crippen LogP contribution is 2.20. The molecule has 1 aromatic carbocycles. The molecule has 1 unspecified atom stereocenters. The Bertz CT molecular complexity index is 666. The maximum atomic E-state index is 12.0. The van der Waals surface area contributed by atoms with E-state index in [1.165, 1.54) is 35.6 Å². The zero-order chi connectivity index (χ0) is 15.4. The molecular weight excluding hydrogens is 296 g/mol. The van der Waals surface area contributed by atoms with E-state index in [9.17, 15) is 19.7 Å². The van der Waals surface area contributed by atoms with Crippen LogP contribution in [0.1, 0.15) is 21.3 Å². The van der Waals surface area contributed by atoms with Crippen molar-refractivity contribution in [1.82, 2.24) is 5.32 Å². The van der Waals surface area contributed by atoms with Crippen molar-refractivity contribution < 1.29 is 19.6 Å². The topological polar surface area (TPSA) is 110 Å². The Kier molecular flexibility index (Phi) is 4.29. The number of hydrogen-bond acceptors (Lipinski definition) is 5. The minimum absolute atomic E-state index is 0.139. The molecule has 7 nitrogen and oxygen atoms in total. The third-order valence-corrected chi connectivity index (χ3v) is 3.63. The summed E-state index contributed by atoms with van der Waals surface area (Å²) in [5.74, 6) is -1.78. The van der Waals surface area contributed by atoms with Gasteiger partial charge in [-0.3, -0.25) is 14.9 Å². The number of nitrogens with one attached hydrogen (secondary N) is 1. The summed E-state index contributed by atoms with van der Waals surface area (Å²) in [6.45, 7) is 0. The molecular formula is C13H10N2O5S. The van der Waals surface area contributed by atoms with E-state index in [0.29, 0.717) is 4.88 Å². The third-order valence-electron chi connectivity index (χ3n) is 2.69. The van der Waals surface area contributed by atoms with Crippen molar-refractivity contribution in [2.45, 2.75) is 6.04 Å². The third kappa shape index (κ3) is 3.42. The lowest BCUT2D eigenvalue weighted by Gasteiger charge is -2.12. The first-order valence-electron chi connectivity index (χ1n) is 5.80. The van der Waals surface area contributed by atoms with Gasteiger partial charge in [0.15, 0.2) is 6.04 Å². The van der Waals surface area contributed by atoms with Gasteiger partial charge in [-0.1, -0.05) is 6.07 Å². The molecule has 0 aliphatic rings. The van der Waals surface area contributed by atoms with Crippen LogP contribution in [0.5, 0.6) is 0 Å². The number of nitrogens with zero attached hydrogens (tertiary/aromatic N) is 1. The Balaban J connectivity index is 2.16. The van der Waals surface area contributed by atoms with E-state index in [0.717, 1.165) is 0 Å². The zero-order valence-electron chi connectivity index (χ0n) is 10.6. The summed E-state index contributed by atoms with van der Waals surface area (Å²) in [6, 6.07) is 7.09.